The lowest BCUT2D eigenvalue weighted by atomic mass is 10.1. The van der Waals surface area contributed by atoms with Gasteiger partial charge < -0.3 is 14.8 Å². The topological polar surface area (TPSA) is 101 Å². The number of nitrogens with one attached hydrogen (secondary N) is 1. The van der Waals surface area contributed by atoms with Crippen molar-refractivity contribution in [1.82, 2.24) is 9.97 Å². The van der Waals surface area contributed by atoms with E-state index < -0.39 is 4.92 Å². The van der Waals surface area contributed by atoms with Gasteiger partial charge in [0.05, 0.1) is 23.1 Å². The normalized spacial score (nSPS) is 10.7. The van der Waals surface area contributed by atoms with Crippen LogP contribution in [0.5, 0.6) is 11.5 Å². The summed E-state index contributed by atoms with van der Waals surface area (Å²) in [6, 6.07) is 10.1. The Morgan fingerprint density at radius 2 is 2.10 bits per heavy atom. The molecule has 0 saturated carbocycles. The average molecular weight is 285 g/mol. The second-order valence-corrected chi connectivity index (χ2v) is 4.41. The van der Waals surface area contributed by atoms with E-state index in [0.717, 1.165) is 11.0 Å². The molecule has 7 heteroatoms. The van der Waals surface area contributed by atoms with Crippen LogP contribution in [0.3, 0.4) is 0 Å². The van der Waals surface area contributed by atoms with Crippen LogP contribution in [-0.4, -0.2) is 27.1 Å². The van der Waals surface area contributed by atoms with E-state index >= 15 is 0 Å². The van der Waals surface area contributed by atoms with Crippen LogP contribution in [0.1, 0.15) is 0 Å². The lowest BCUT2D eigenvalue weighted by molar-refractivity contribution is -0.385. The number of nitro benzene ring substituents is 1. The van der Waals surface area contributed by atoms with Gasteiger partial charge in [-0.15, -0.1) is 0 Å². The summed E-state index contributed by atoms with van der Waals surface area (Å²) in [5, 5.41) is 21.0. The van der Waals surface area contributed by atoms with E-state index in [4.69, 9.17) is 4.74 Å². The van der Waals surface area contributed by atoms with Crippen molar-refractivity contribution in [3.05, 3.63) is 46.5 Å². The lowest BCUT2D eigenvalue weighted by Crippen LogP contribution is -1.95. The highest BCUT2D eigenvalue weighted by molar-refractivity contribution is 5.80. The Kier molecular flexibility index (Phi) is 2.94. The third-order valence-corrected chi connectivity index (χ3v) is 3.11. The highest BCUT2D eigenvalue weighted by atomic mass is 16.6. The Morgan fingerprint density at radius 3 is 2.76 bits per heavy atom. The summed E-state index contributed by atoms with van der Waals surface area (Å²) >= 11 is 0. The van der Waals surface area contributed by atoms with Crippen molar-refractivity contribution in [2.45, 2.75) is 0 Å². The molecule has 3 rings (SSSR count). The first kappa shape index (κ1) is 12.9. The summed E-state index contributed by atoms with van der Waals surface area (Å²) in [6.07, 6.45) is 0. The molecule has 2 N–H and O–H groups in total. The van der Waals surface area contributed by atoms with Crippen LogP contribution in [0.15, 0.2) is 36.4 Å². The average Bonchev–Trinajstić information content (AvgIpc) is 2.90. The Balaban J connectivity index is 2.20. The Hall–Kier alpha value is -3.09. The van der Waals surface area contributed by atoms with Crippen LogP contribution >= 0.6 is 0 Å². The molecular formula is C14H11N3O4. The molecule has 0 aliphatic rings. The number of H-pyrrole nitrogens is 1. The third kappa shape index (κ3) is 2.14. The Bertz CT molecular complexity index is 808. The fourth-order valence-corrected chi connectivity index (χ4v) is 2.17. The monoisotopic (exact) mass is 285 g/mol. The van der Waals surface area contributed by atoms with E-state index in [9.17, 15) is 15.2 Å². The number of nitrogens with zero attached hydrogens (tertiary/aromatic N) is 2. The second kappa shape index (κ2) is 4.78. The molecule has 0 fully saturated rings. The van der Waals surface area contributed by atoms with Gasteiger partial charge in [-0.3, -0.25) is 10.1 Å². The van der Waals surface area contributed by atoms with Gasteiger partial charge >= 0.3 is 5.69 Å². The number of rotatable bonds is 3. The number of aromatic nitrogens is 2. The SMILES string of the molecule is COc1c(O)cc(-c2nc3ccccc3[nH]2)cc1[N+](=O)[O-]. The highest BCUT2D eigenvalue weighted by Gasteiger charge is 2.22. The molecule has 0 bridgehead atoms. The summed E-state index contributed by atoms with van der Waals surface area (Å²) < 4.78 is 4.86. The Morgan fingerprint density at radius 1 is 1.33 bits per heavy atom. The molecule has 0 spiro atoms. The molecule has 7 nitrogen and oxygen atoms in total. The predicted molar refractivity (Wildman–Crippen MR) is 76.4 cm³/mol. The maximum absolute atomic E-state index is 11.1. The maximum atomic E-state index is 11.1. The van der Waals surface area contributed by atoms with Crippen molar-refractivity contribution in [3.8, 4) is 22.9 Å². The van der Waals surface area contributed by atoms with Gasteiger partial charge in [0, 0.05) is 11.6 Å². The number of aromatic hydroxyl groups is 1. The van der Waals surface area contributed by atoms with Gasteiger partial charge in [0.15, 0.2) is 5.75 Å². The maximum Gasteiger partial charge on any atom is 0.315 e. The number of methoxy groups -OCH3 is 1. The minimum absolute atomic E-state index is 0.167. The van der Waals surface area contributed by atoms with Crippen LogP contribution in [0, 0.1) is 10.1 Å². The standard InChI is InChI=1S/C14H11N3O4/c1-21-13-11(17(19)20)6-8(7-12(13)18)14-15-9-4-2-3-5-10(9)16-14/h2-7,18H,1H3,(H,15,16). The fourth-order valence-electron chi connectivity index (χ4n) is 2.17. The number of phenolic OH excluding ortho intramolecular Hbond substituents is 1. The van der Waals surface area contributed by atoms with E-state index in [1.807, 2.05) is 24.3 Å². The molecule has 2 aromatic carbocycles. The van der Waals surface area contributed by atoms with E-state index in [1.165, 1.54) is 19.2 Å². The van der Waals surface area contributed by atoms with Crippen LogP contribution in [0.25, 0.3) is 22.4 Å². The van der Waals surface area contributed by atoms with Crippen molar-refractivity contribution >= 4 is 16.7 Å². The zero-order valence-electron chi connectivity index (χ0n) is 11.0. The lowest BCUT2D eigenvalue weighted by Gasteiger charge is -2.06. The van der Waals surface area contributed by atoms with Crippen molar-refractivity contribution in [1.29, 1.82) is 0 Å². The number of para-hydroxylation sites is 2. The number of imidazole rings is 1. The molecule has 1 aromatic heterocycles. The third-order valence-electron chi connectivity index (χ3n) is 3.11. The summed E-state index contributed by atoms with van der Waals surface area (Å²) in [4.78, 5) is 17.9. The second-order valence-electron chi connectivity index (χ2n) is 4.41. The number of ether oxygens (including phenoxy) is 1. The first-order valence-corrected chi connectivity index (χ1v) is 6.10. The van der Waals surface area contributed by atoms with Crippen molar-refractivity contribution in [2.75, 3.05) is 7.11 Å². The van der Waals surface area contributed by atoms with Crippen molar-refractivity contribution in [3.63, 3.8) is 0 Å². The van der Waals surface area contributed by atoms with Crippen LogP contribution < -0.4 is 4.74 Å². The molecule has 21 heavy (non-hydrogen) atoms. The molecule has 106 valence electrons. The number of nitro groups is 1. The van der Waals surface area contributed by atoms with E-state index in [-0.39, 0.29) is 17.2 Å². The van der Waals surface area contributed by atoms with Crippen LogP contribution in [0.4, 0.5) is 5.69 Å². The molecule has 0 amide bonds. The summed E-state index contributed by atoms with van der Waals surface area (Å²) in [7, 11) is 1.27. The van der Waals surface area contributed by atoms with Gasteiger partial charge in [-0.2, -0.15) is 0 Å². The number of phenols is 1. The first-order valence-electron chi connectivity index (χ1n) is 6.10. The Labute approximate surface area is 119 Å². The summed E-state index contributed by atoms with van der Waals surface area (Å²) in [6.45, 7) is 0. The molecule has 3 aromatic rings. The zero-order valence-corrected chi connectivity index (χ0v) is 11.0. The molecule has 0 atom stereocenters. The van der Waals surface area contributed by atoms with Crippen molar-refractivity contribution in [2.24, 2.45) is 0 Å². The summed E-state index contributed by atoms with van der Waals surface area (Å²) in [5.74, 6) is -0.0285. The van der Waals surface area contributed by atoms with E-state index in [1.54, 1.807) is 0 Å². The van der Waals surface area contributed by atoms with Gasteiger partial charge in [-0.05, 0) is 18.2 Å². The fraction of sp³-hybridized carbons (Fsp3) is 0.0714. The van der Waals surface area contributed by atoms with Gasteiger partial charge in [0.2, 0.25) is 5.75 Å². The highest BCUT2D eigenvalue weighted by Crippen LogP contribution is 2.39. The molecule has 1 heterocycles. The molecule has 0 aliphatic carbocycles. The summed E-state index contributed by atoms with van der Waals surface area (Å²) in [5.41, 5.74) is 1.65. The van der Waals surface area contributed by atoms with E-state index in [0.29, 0.717) is 11.4 Å². The molecule has 0 saturated heterocycles. The smallest absolute Gasteiger partial charge is 0.315 e. The number of aromatic amines is 1. The predicted octanol–water partition coefficient (Wildman–Crippen LogP) is 2.85. The van der Waals surface area contributed by atoms with Crippen molar-refractivity contribution < 1.29 is 14.8 Å². The number of fused-ring (bicyclic) bond motifs is 1. The molecule has 0 aliphatic heterocycles. The molecule has 0 radical (unpaired) electrons. The van der Waals surface area contributed by atoms with Crippen LogP contribution in [0.2, 0.25) is 0 Å². The van der Waals surface area contributed by atoms with Gasteiger partial charge in [-0.25, -0.2) is 4.98 Å². The van der Waals surface area contributed by atoms with Gasteiger partial charge in [-0.1, -0.05) is 12.1 Å². The van der Waals surface area contributed by atoms with E-state index in [2.05, 4.69) is 9.97 Å². The number of benzene rings is 2. The molecule has 0 unspecified atom stereocenters. The minimum Gasteiger partial charge on any atom is -0.504 e. The van der Waals surface area contributed by atoms with Crippen LogP contribution in [-0.2, 0) is 0 Å². The quantitative estimate of drug-likeness (QED) is 0.569. The first-order chi connectivity index (χ1) is 10.1. The minimum atomic E-state index is -0.606. The number of hydrogen-bond donors (Lipinski definition) is 2. The number of hydrogen-bond acceptors (Lipinski definition) is 5. The largest absolute Gasteiger partial charge is 0.504 e. The molecular weight excluding hydrogens is 274 g/mol. The van der Waals surface area contributed by atoms with Gasteiger partial charge in [0.25, 0.3) is 0 Å². The zero-order chi connectivity index (χ0) is 15.0. The van der Waals surface area contributed by atoms with Gasteiger partial charge in [0.1, 0.15) is 5.82 Å².